The van der Waals surface area contributed by atoms with E-state index in [-0.39, 0.29) is 17.3 Å². The molecule has 0 aromatic heterocycles. The average molecular weight is 286 g/mol. The lowest BCUT2D eigenvalue weighted by Crippen LogP contribution is -2.00. The third-order valence-corrected chi connectivity index (χ3v) is 2.99. The first-order valence-corrected chi connectivity index (χ1v) is 5.98. The summed E-state index contributed by atoms with van der Waals surface area (Å²) < 4.78 is 19.2. The third kappa shape index (κ3) is 2.58. The zero-order valence-electron chi connectivity index (χ0n) is 9.29. The molecule has 0 unspecified atom stereocenters. The average Bonchev–Trinajstić information content (AvgIpc) is 2.37. The van der Waals surface area contributed by atoms with E-state index in [1.54, 1.807) is 24.3 Å². The number of benzene rings is 2. The molecule has 0 heterocycles. The summed E-state index contributed by atoms with van der Waals surface area (Å²) in [5.41, 5.74) is 6.28. The number of halogens is 3. The zero-order valence-corrected chi connectivity index (χ0v) is 10.8. The third-order valence-electron chi connectivity index (χ3n) is 2.40. The minimum atomic E-state index is -0.623. The van der Waals surface area contributed by atoms with Crippen molar-refractivity contribution in [2.24, 2.45) is 5.73 Å². The molecule has 0 spiro atoms. The number of ether oxygens (including phenoxy) is 1. The Hall–Kier alpha value is -1.29. The lowest BCUT2D eigenvalue weighted by atomic mass is 10.2. The standard InChI is InChI=1S/C13H10Cl2FNO/c14-9-4-2-6-11(12(9)16)18-13-8(7-17)3-1-5-10(13)15/h1-6H,7,17H2. The molecule has 5 heteroatoms. The Kier molecular flexibility index (Phi) is 4.07. The van der Waals surface area contributed by atoms with Crippen LogP contribution in [0.4, 0.5) is 4.39 Å². The molecule has 2 nitrogen and oxygen atoms in total. The normalized spacial score (nSPS) is 10.4. The van der Waals surface area contributed by atoms with E-state index in [0.717, 1.165) is 0 Å². The molecular formula is C13H10Cl2FNO. The van der Waals surface area contributed by atoms with Gasteiger partial charge < -0.3 is 10.5 Å². The SMILES string of the molecule is NCc1cccc(Cl)c1Oc1cccc(Cl)c1F. The molecule has 0 amide bonds. The fraction of sp³-hybridized carbons (Fsp3) is 0.0769. The first-order chi connectivity index (χ1) is 8.63. The number of hydrogen-bond acceptors (Lipinski definition) is 2. The number of rotatable bonds is 3. The van der Waals surface area contributed by atoms with Crippen LogP contribution in [0.25, 0.3) is 0 Å². The van der Waals surface area contributed by atoms with Crippen molar-refractivity contribution in [2.45, 2.75) is 6.54 Å². The molecule has 94 valence electrons. The zero-order chi connectivity index (χ0) is 13.1. The second kappa shape index (κ2) is 5.57. The quantitative estimate of drug-likeness (QED) is 0.908. The summed E-state index contributed by atoms with van der Waals surface area (Å²) in [6.45, 7) is 0.248. The van der Waals surface area contributed by atoms with Crippen LogP contribution in [0.15, 0.2) is 36.4 Å². The number of hydrogen-bond donors (Lipinski definition) is 1. The van der Waals surface area contributed by atoms with Gasteiger partial charge in [-0.3, -0.25) is 0 Å². The Bertz CT molecular complexity index is 575. The summed E-state index contributed by atoms with van der Waals surface area (Å²) in [5, 5.41) is 0.367. The topological polar surface area (TPSA) is 35.2 Å². The number of nitrogens with two attached hydrogens (primary N) is 1. The molecule has 0 fully saturated rings. The highest BCUT2D eigenvalue weighted by Gasteiger charge is 2.13. The summed E-state index contributed by atoms with van der Waals surface area (Å²) in [7, 11) is 0. The van der Waals surface area contributed by atoms with Gasteiger partial charge in [0.25, 0.3) is 0 Å². The first kappa shape index (κ1) is 13.1. The van der Waals surface area contributed by atoms with Crippen molar-refractivity contribution in [2.75, 3.05) is 0 Å². The van der Waals surface area contributed by atoms with Crippen molar-refractivity contribution in [3.05, 3.63) is 57.8 Å². The molecule has 18 heavy (non-hydrogen) atoms. The Morgan fingerprint density at radius 1 is 1.06 bits per heavy atom. The van der Waals surface area contributed by atoms with Crippen LogP contribution in [0.3, 0.4) is 0 Å². The molecule has 0 bridgehead atoms. The van der Waals surface area contributed by atoms with E-state index in [0.29, 0.717) is 16.3 Å². The molecule has 2 aromatic carbocycles. The molecule has 0 aliphatic rings. The maximum atomic E-state index is 13.7. The number of para-hydroxylation sites is 1. The van der Waals surface area contributed by atoms with Crippen LogP contribution >= 0.6 is 23.2 Å². The van der Waals surface area contributed by atoms with E-state index in [9.17, 15) is 4.39 Å². The van der Waals surface area contributed by atoms with Gasteiger partial charge in [-0.1, -0.05) is 41.4 Å². The van der Waals surface area contributed by atoms with E-state index < -0.39 is 5.82 Å². The highest BCUT2D eigenvalue weighted by molar-refractivity contribution is 6.32. The van der Waals surface area contributed by atoms with Crippen molar-refractivity contribution in [1.82, 2.24) is 0 Å². The molecule has 0 aliphatic heterocycles. The van der Waals surface area contributed by atoms with Gasteiger partial charge in [0, 0.05) is 12.1 Å². The molecule has 0 saturated carbocycles. The highest BCUT2D eigenvalue weighted by Crippen LogP contribution is 2.35. The summed E-state index contributed by atoms with van der Waals surface area (Å²) in [6.07, 6.45) is 0. The molecule has 2 aromatic rings. The maximum Gasteiger partial charge on any atom is 0.184 e. The first-order valence-electron chi connectivity index (χ1n) is 5.23. The predicted octanol–water partition coefficient (Wildman–Crippen LogP) is 4.38. The Morgan fingerprint density at radius 2 is 1.72 bits per heavy atom. The highest BCUT2D eigenvalue weighted by atomic mass is 35.5. The van der Waals surface area contributed by atoms with Crippen molar-refractivity contribution in [3.8, 4) is 11.5 Å². The van der Waals surface area contributed by atoms with Crippen LogP contribution in [-0.4, -0.2) is 0 Å². The predicted molar refractivity (Wildman–Crippen MR) is 70.8 cm³/mol. The van der Waals surface area contributed by atoms with Crippen molar-refractivity contribution >= 4 is 23.2 Å². The Balaban J connectivity index is 2.43. The molecular weight excluding hydrogens is 276 g/mol. The fourth-order valence-corrected chi connectivity index (χ4v) is 1.90. The largest absolute Gasteiger partial charge is 0.452 e. The van der Waals surface area contributed by atoms with Crippen molar-refractivity contribution < 1.29 is 9.13 Å². The molecule has 0 aliphatic carbocycles. The van der Waals surface area contributed by atoms with Crippen LogP contribution in [0, 0.1) is 5.82 Å². The van der Waals surface area contributed by atoms with E-state index in [1.807, 2.05) is 0 Å². The summed E-state index contributed by atoms with van der Waals surface area (Å²) >= 11 is 11.7. The van der Waals surface area contributed by atoms with Crippen LogP contribution < -0.4 is 10.5 Å². The van der Waals surface area contributed by atoms with Gasteiger partial charge in [-0.05, 0) is 18.2 Å². The minimum Gasteiger partial charge on any atom is -0.452 e. The second-order valence-electron chi connectivity index (χ2n) is 3.59. The molecule has 0 radical (unpaired) electrons. The lowest BCUT2D eigenvalue weighted by molar-refractivity contribution is 0.438. The fourth-order valence-electron chi connectivity index (χ4n) is 1.50. The van der Waals surface area contributed by atoms with Crippen LogP contribution in [0.2, 0.25) is 10.0 Å². The minimum absolute atomic E-state index is 0.00569. The van der Waals surface area contributed by atoms with E-state index in [4.69, 9.17) is 33.7 Å². The van der Waals surface area contributed by atoms with Gasteiger partial charge in [0.1, 0.15) is 0 Å². The second-order valence-corrected chi connectivity index (χ2v) is 4.40. The van der Waals surface area contributed by atoms with Crippen molar-refractivity contribution in [3.63, 3.8) is 0 Å². The molecule has 0 saturated heterocycles. The van der Waals surface area contributed by atoms with Crippen LogP contribution in [-0.2, 0) is 6.54 Å². The molecule has 0 atom stereocenters. The van der Waals surface area contributed by atoms with Gasteiger partial charge >= 0.3 is 0 Å². The van der Waals surface area contributed by atoms with Gasteiger partial charge in [-0.15, -0.1) is 0 Å². The lowest BCUT2D eigenvalue weighted by Gasteiger charge is -2.12. The van der Waals surface area contributed by atoms with Crippen molar-refractivity contribution in [1.29, 1.82) is 0 Å². The summed E-state index contributed by atoms with van der Waals surface area (Å²) in [4.78, 5) is 0. The smallest absolute Gasteiger partial charge is 0.184 e. The van der Waals surface area contributed by atoms with E-state index in [2.05, 4.69) is 0 Å². The van der Waals surface area contributed by atoms with Gasteiger partial charge in [-0.2, -0.15) is 0 Å². The van der Waals surface area contributed by atoms with E-state index in [1.165, 1.54) is 12.1 Å². The van der Waals surface area contributed by atoms with Gasteiger partial charge in [-0.25, -0.2) is 4.39 Å². The van der Waals surface area contributed by atoms with E-state index >= 15 is 0 Å². The van der Waals surface area contributed by atoms with Gasteiger partial charge in [0.05, 0.1) is 10.0 Å². The molecule has 2 N–H and O–H groups in total. The Morgan fingerprint density at radius 3 is 2.44 bits per heavy atom. The summed E-state index contributed by atoms with van der Waals surface area (Å²) in [6, 6.07) is 9.69. The van der Waals surface area contributed by atoms with Gasteiger partial charge in [0.15, 0.2) is 17.3 Å². The summed E-state index contributed by atoms with van der Waals surface area (Å²) in [5.74, 6) is -0.254. The monoisotopic (exact) mass is 285 g/mol. The van der Waals surface area contributed by atoms with Crippen LogP contribution in [0.1, 0.15) is 5.56 Å². The Labute approximate surface area is 114 Å². The van der Waals surface area contributed by atoms with Gasteiger partial charge in [0.2, 0.25) is 0 Å². The van der Waals surface area contributed by atoms with Crippen LogP contribution in [0.5, 0.6) is 11.5 Å². The maximum absolute atomic E-state index is 13.7. The molecule has 2 rings (SSSR count).